The van der Waals surface area contributed by atoms with Crippen LogP contribution in [0.15, 0.2) is 71.6 Å². The number of carbonyl (C=O) groups excluding carboxylic acids is 2. The molecule has 3 amide bonds. The number of fused-ring (bicyclic) bond motifs is 1. The zero-order valence-electron chi connectivity index (χ0n) is 30.4. The van der Waals surface area contributed by atoms with Crippen LogP contribution in [0.1, 0.15) is 56.0 Å². The van der Waals surface area contributed by atoms with Crippen LogP contribution < -0.4 is 19.5 Å². The standard InChI is InChI=1S/C37H47F3N4O8S/c1-24-21-44(25(2)23-45)35(46)32-20-29(42-53(48,49)31-16-14-30(50-5)15-17-31)13-18-33(32)52-26(3)8-6-7-19-51-34(24)22-43(4)36(47)41-28-11-9-27(10-12-28)37(38,39)40/h9-18,20,24-26,34,42,45H,6-8,19,21-23H2,1-5H3,(H,41,47)/t24-,25+,26+,34-/m1/s1. The first-order chi connectivity index (χ1) is 25.0. The number of ether oxygens (including phenoxy) is 3. The van der Waals surface area contributed by atoms with Gasteiger partial charge in [0.2, 0.25) is 0 Å². The Morgan fingerprint density at radius 3 is 2.34 bits per heavy atom. The molecule has 0 bridgehead atoms. The van der Waals surface area contributed by atoms with Gasteiger partial charge in [-0.2, -0.15) is 13.2 Å². The molecule has 4 rings (SSSR count). The van der Waals surface area contributed by atoms with Crippen LogP contribution in [-0.2, 0) is 20.9 Å². The zero-order chi connectivity index (χ0) is 38.9. The lowest BCUT2D eigenvalue weighted by Crippen LogP contribution is -2.48. The van der Waals surface area contributed by atoms with Gasteiger partial charge in [0.25, 0.3) is 15.9 Å². The maximum absolute atomic E-state index is 14.4. The summed E-state index contributed by atoms with van der Waals surface area (Å²) in [6.45, 7) is 5.52. The number of carbonyl (C=O) groups is 2. The van der Waals surface area contributed by atoms with Gasteiger partial charge in [-0.3, -0.25) is 9.52 Å². The Labute approximate surface area is 308 Å². The molecule has 0 aliphatic carbocycles. The second-order valence-electron chi connectivity index (χ2n) is 13.2. The molecule has 1 aliphatic rings. The number of hydrogen-bond donors (Lipinski definition) is 3. The first-order valence-corrected chi connectivity index (χ1v) is 18.7. The molecule has 0 saturated carbocycles. The van der Waals surface area contributed by atoms with Crippen LogP contribution in [0.5, 0.6) is 11.5 Å². The number of methoxy groups -OCH3 is 1. The Balaban J connectivity index is 1.59. The van der Waals surface area contributed by atoms with E-state index in [1.54, 1.807) is 13.0 Å². The Hall–Kier alpha value is -4.54. The zero-order valence-corrected chi connectivity index (χ0v) is 31.2. The van der Waals surface area contributed by atoms with Crippen LogP contribution in [0.2, 0.25) is 0 Å². The highest BCUT2D eigenvalue weighted by Crippen LogP contribution is 2.31. The van der Waals surface area contributed by atoms with Crippen LogP contribution >= 0.6 is 0 Å². The van der Waals surface area contributed by atoms with Crippen molar-refractivity contribution < 1.29 is 50.5 Å². The van der Waals surface area contributed by atoms with E-state index in [-0.39, 0.29) is 53.4 Å². The normalized spacial score (nSPS) is 19.6. The molecule has 1 heterocycles. The highest BCUT2D eigenvalue weighted by Gasteiger charge is 2.32. The van der Waals surface area contributed by atoms with Crippen molar-refractivity contribution in [2.75, 3.05) is 50.5 Å². The van der Waals surface area contributed by atoms with Crippen LogP contribution in [0, 0.1) is 5.92 Å². The molecule has 3 N–H and O–H groups in total. The van der Waals surface area contributed by atoms with E-state index < -0.39 is 51.8 Å². The molecular weight excluding hydrogens is 717 g/mol. The fourth-order valence-electron chi connectivity index (χ4n) is 5.73. The van der Waals surface area contributed by atoms with Crippen molar-refractivity contribution in [2.24, 2.45) is 5.92 Å². The molecule has 16 heteroatoms. The Morgan fingerprint density at radius 2 is 1.72 bits per heavy atom. The third-order valence-corrected chi connectivity index (χ3v) is 10.3. The second-order valence-corrected chi connectivity index (χ2v) is 14.9. The summed E-state index contributed by atoms with van der Waals surface area (Å²) in [5, 5.41) is 12.8. The van der Waals surface area contributed by atoms with E-state index in [2.05, 4.69) is 10.0 Å². The van der Waals surface area contributed by atoms with Crippen molar-refractivity contribution in [2.45, 2.75) is 69.4 Å². The van der Waals surface area contributed by atoms with Gasteiger partial charge in [0.05, 0.1) is 48.0 Å². The topological polar surface area (TPSA) is 147 Å². The average molecular weight is 765 g/mol. The first-order valence-electron chi connectivity index (χ1n) is 17.2. The molecule has 0 spiro atoms. The number of aliphatic hydroxyl groups is 1. The highest BCUT2D eigenvalue weighted by molar-refractivity contribution is 7.92. The minimum atomic E-state index is -4.51. The van der Waals surface area contributed by atoms with Crippen LogP contribution in [0.3, 0.4) is 0 Å². The predicted molar refractivity (Wildman–Crippen MR) is 194 cm³/mol. The summed E-state index contributed by atoms with van der Waals surface area (Å²) in [6.07, 6.45) is -3.39. The molecule has 3 aromatic rings. The van der Waals surface area contributed by atoms with Gasteiger partial charge in [0, 0.05) is 44.0 Å². The molecular formula is C37H47F3N4O8S. The van der Waals surface area contributed by atoms with Crippen molar-refractivity contribution in [1.29, 1.82) is 0 Å². The molecule has 0 aromatic heterocycles. The summed E-state index contributed by atoms with van der Waals surface area (Å²) >= 11 is 0. The monoisotopic (exact) mass is 764 g/mol. The van der Waals surface area contributed by atoms with E-state index in [9.17, 15) is 36.3 Å². The number of halogens is 3. The number of benzene rings is 3. The van der Waals surface area contributed by atoms with Gasteiger partial charge in [-0.15, -0.1) is 0 Å². The number of nitrogens with one attached hydrogen (secondary N) is 2. The minimum Gasteiger partial charge on any atom is -0.497 e. The number of nitrogens with zero attached hydrogens (tertiary/aromatic N) is 2. The smallest absolute Gasteiger partial charge is 0.416 e. The van der Waals surface area contributed by atoms with E-state index in [0.29, 0.717) is 25.2 Å². The number of alkyl halides is 3. The van der Waals surface area contributed by atoms with Gasteiger partial charge in [0.15, 0.2) is 0 Å². The number of aliphatic hydroxyl groups excluding tert-OH is 1. The summed E-state index contributed by atoms with van der Waals surface area (Å²) in [5.41, 5.74) is -0.445. The van der Waals surface area contributed by atoms with E-state index >= 15 is 0 Å². The van der Waals surface area contributed by atoms with E-state index in [1.807, 2.05) is 13.8 Å². The van der Waals surface area contributed by atoms with Crippen molar-refractivity contribution >= 4 is 33.3 Å². The van der Waals surface area contributed by atoms with Crippen molar-refractivity contribution in [3.05, 3.63) is 77.9 Å². The number of anilines is 2. The Kier molecular flexibility index (Phi) is 14.0. The molecule has 0 unspecified atom stereocenters. The number of amides is 3. The average Bonchev–Trinajstić information content (AvgIpc) is 3.12. The van der Waals surface area contributed by atoms with Crippen LogP contribution in [0.25, 0.3) is 0 Å². The summed E-state index contributed by atoms with van der Waals surface area (Å²) < 4.78 is 85.7. The summed E-state index contributed by atoms with van der Waals surface area (Å²) in [5.74, 6) is -0.171. The quantitative estimate of drug-likeness (QED) is 0.225. The summed E-state index contributed by atoms with van der Waals surface area (Å²) in [4.78, 5) is 30.3. The lowest BCUT2D eigenvalue weighted by Gasteiger charge is -2.35. The maximum Gasteiger partial charge on any atom is 0.416 e. The number of urea groups is 1. The largest absolute Gasteiger partial charge is 0.497 e. The van der Waals surface area contributed by atoms with Crippen molar-refractivity contribution in [3.63, 3.8) is 0 Å². The maximum atomic E-state index is 14.4. The third kappa shape index (κ3) is 11.2. The number of rotatable bonds is 9. The summed E-state index contributed by atoms with van der Waals surface area (Å²) in [6, 6.07) is 13.2. The first kappa shape index (κ1) is 41.2. The fraction of sp³-hybridized carbons (Fsp3) is 0.459. The Bertz CT molecular complexity index is 1790. The second kappa shape index (κ2) is 18.0. The van der Waals surface area contributed by atoms with Crippen LogP contribution in [-0.4, -0.2) is 94.0 Å². The molecule has 290 valence electrons. The van der Waals surface area contributed by atoms with Gasteiger partial charge in [-0.05, 0) is 99.8 Å². The van der Waals surface area contributed by atoms with Gasteiger partial charge >= 0.3 is 12.2 Å². The number of sulfonamides is 1. The van der Waals surface area contributed by atoms with Crippen molar-refractivity contribution in [1.82, 2.24) is 9.80 Å². The molecule has 53 heavy (non-hydrogen) atoms. The van der Waals surface area contributed by atoms with Gasteiger partial charge < -0.3 is 34.4 Å². The van der Waals surface area contributed by atoms with E-state index in [1.165, 1.54) is 72.5 Å². The molecule has 4 atom stereocenters. The molecule has 0 radical (unpaired) electrons. The molecule has 0 saturated heterocycles. The van der Waals surface area contributed by atoms with Gasteiger partial charge in [0.1, 0.15) is 11.5 Å². The summed E-state index contributed by atoms with van der Waals surface area (Å²) in [7, 11) is -1.05. The minimum absolute atomic E-state index is 0.0111. The molecule has 3 aromatic carbocycles. The lowest BCUT2D eigenvalue weighted by molar-refractivity contribution is -0.137. The van der Waals surface area contributed by atoms with E-state index in [4.69, 9.17) is 14.2 Å². The molecule has 0 fully saturated rings. The number of likely N-dealkylation sites (N-methyl/N-ethyl adjacent to an activating group) is 1. The van der Waals surface area contributed by atoms with Gasteiger partial charge in [-0.25, -0.2) is 13.2 Å². The third-order valence-electron chi connectivity index (χ3n) is 8.94. The lowest BCUT2D eigenvalue weighted by atomic mass is 10.0. The highest BCUT2D eigenvalue weighted by atomic mass is 32.2. The molecule has 1 aliphatic heterocycles. The number of hydrogen-bond acceptors (Lipinski definition) is 8. The van der Waals surface area contributed by atoms with Crippen molar-refractivity contribution in [3.8, 4) is 11.5 Å². The predicted octanol–water partition coefficient (Wildman–Crippen LogP) is 6.47. The van der Waals surface area contributed by atoms with Gasteiger partial charge in [-0.1, -0.05) is 6.92 Å². The van der Waals surface area contributed by atoms with E-state index in [0.717, 1.165) is 18.6 Å². The Morgan fingerprint density at radius 1 is 1.06 bits per heavy atom. The fourth-order valence-corrected chi connectivity index (χ4v) is 6.78. The SMILES string of the molecule is COc1ccc(S(=O)(=O)Nc2ccc3c(c2)C(=O)N([C@@H](C)CO)C[C@@H](C)[C@@H](CN(C)C(=O)Nc2ccc(C(F)(F)F)cc2)OCCCC[C@H](C)O3)cc1. The molecule has 12 nitrogen and oxygen atoms in total. The van der Waals surface area contributed by atoms with Crippen LogP contribution in [0.4, 0.5) is 29.3 Å².